The second-order valence-corrected chi connectivity index (χ2v) is 7.49. The summed E-state index contributed by atoms with van der Waals surface area (Å²) in [4.78, 5) is 14.5. The van der Waals surface area contributed by atoms with E-state index in [1.54, 1.807) is 4.90 Å². The molecule has 0 spiro atoms. The molecule has 2 aliphatic heterocycles. The second kappa shape index (κ2) is 8.83. The Balaban J connectivity index is 2.03. The number of unbranched alkanes of at least 4 members (excludes halogenated alkanes) is 1. The SMILES string of the molecule is CC(C)(C)C1C=C(C(=O)N2CCOCC2)OC(OCCCCO)C1. The van der Waals surface area contributed by atoms with Crippen LogP contribution in [0.1, 0.15) is 40.0 Å². The molecule has 138 valence electrons. The van der Waals surface area contributed by atoms with Crippen molar-refractivity contribution in [2.45, 2.75) is 46.3 Å². The van der Waals surface area contributed by atoms with Gasteiger partial charge in [0.1, 0.15) is 0 Å². The molecule has 0 aromatic rings. The van der Waals surface area contributed by atoms with E-state index in [9.17, 15) is 4.79 Å². The van der Waals surface area contributed by atoms with Crippen molar-refractivity contribution in [3.05, 3.63) is 11.8 Å². The molecule has 0 radical (unpaired) electrons. The molecule has 0 aromatic carbocycles. The van der Waals surface area contributed by atoms with Crippen LogP contribution < -0.4 is 0 Å². The van der Waals surface area contributed by atoms with E-state index >= 15 is 0 Å². The van der Waals surface area contributed by atoms with Crippen molar-refractivity contribution in [1.29, 1.82) is 0 Å². The summed E-state index contributed by atoms with van der Waals surface area (Å²) >= 11 is 0. The van der Waals surface area contributed by atoms with Gasteiger partial charge in [0.05, 0.1) is 19.8 Å². The van der Waals surface area contributed by atoms with Crippen molar-refractivity contribution in [3.63, 3.8) is 0 Å². The van der Waals surface area contributed by atoms with Crippen LogP contribution in [-0.2, 0) is 19.0 Å². The summed E-state index contributed by atoms with van der Waals surface area (Å²) in [5.74, 6) is 0.542. The number of aliphatic hydroxyl groups excluding tert-OH is 1. The predicted molar refractivity (Wildman–Crippen MR) is 90.2 cm³/mol. The first-order valence-corrected chi connectivity index (χ1v) is 8.90. The van der Waals surface area contributed by atoms with Crippen LogP contribution in [0.25, 0.3) is 0 Å². The lowest BCUT2D eigenvalue weighted by molar-refractivity contribution is -0.160. The van der Waals surface area contributed by atoms with Crippen LogP contribution in [0.15, 0.2) is 11.8 Å². The molecule has 6 heteroatoms. The van der Waals surface area contributed by atoms with Gasteiger partial charge in [-0.1, -0.05) is 20.8 Å². The monoisotopic (exact) mass is 341 g/mol. The zero-order valence-electron chi connectivity index (χ0n) is 15.1. The van der Waals surface area contributed by atoms with E-state index < -0.39 is 6.29 Å². The highest BCUT2D eigenvalue weighted by Gasteiger charge is 2.35. The molecule has 0 bridgehead atoms. The van der Waals surface area contributed by atoms with Crippen molar-refractivity contribution in [3.8, 4) is 0 Å². The summed E-state index contributed by atoms with van der Waals surface area (Å²) < 4.78 is 17.0. The minimum absolute atomic E-state index is 0.0347. The average molecular weight is 341 g/mol. The van der Waals surface area contributed by atoms with Gasteiger partial charge in [-0.25, -0.2) is 0 Å². The van der Waals surface area contributed by atoms with E-state index in [1.165, 1.54) is 0 Å². The first-order valence-electron chi connectivity index (χ1n) is 8.90. The molecule has 0 aromatic heterocycles. The molecule has 1 N–H and O–H groups in total. The second-order valence-electron chi connectivity index (χ2n) is 7.49. The third kappa shape index (κ3) is 5.46. The Morgan fingerprint density at radius 2 is 2.04 bits per heavy atom. The van der Waals surface area contributed by atoms with Crippen LogP contribution in [0.2, 0.25) is 0 Å². The molecular weight excluding hydrogens is 310 g/mol. The molecule has 2 atom stereocenters. The number of rotatable bonds is 6. The van der Waals surface area contributed by atoms with E-state index in [1.807, 2.05) is 6.08 Å². The fourth-order valence-electron chi connectivity index (χ4n) is 2.87. The van der Waals surface area contributed by atoms with Gasteiger partial charge in [-0.15, -0.1) is 0 Å². The molecule has 2 aliphatic rings. The highest BCUT2D eigenvalue weighted by molar-refractivity contribution is 5.91. The minimum atomic E-state index is -0.405. The van der Waals surface area contributed by atoms with Crippen LogP contribution in [0.4, 0.5) is 0 Å². The summed E-state index contributed by atoms with van der Waals surface area (Å²) in [6, 6.07) is 0. The van der Waals surface area contributed by atoms with Crippen molar-refractivity contribution < 1.29 is 24.1 Å². The van der Waals surface area contributed by atoms with Crippen molar-refractivity contribution in [1.82, 2.24) is 4.90 Å². The van der Waals surface area contributed by atoms with Crippen molar-refractivity contribution in [2.75, 3.05) is 39.5 Å². The Morgan fingerprint density at radius 3 is 2.67 bits per heavy atom. The molecule has 1 fully saturated rings. The van der Waals surface area contributed by atoms with Crippen molar-refractivity contribution in [2.24, 2.45) is 11.3 Å². The molecule has 6 nitrogen and oxygen atoms in total. The molecule has 1 amide bonds. The third-order valence-electron chi connectivity index (χ3n) is 4.54. The van der Waals surface area contributed by atoms with Gasteiger partial charge in [0.25, 0.3) is 5.91 Å². The van der Waals surface area contributed by atoms with Gasteiger partial charge in [-0.3, -0.25) is 4.79 Å². The maximum absolute atomic E-state index is 12.7. The molecule has 2 heterocycles. The third-order valence-corrected chi connectivity index (χ3v) is 4.54. The standard InChI is InChI=1S/C18H31NO5/c1-18(2,3)14-12-15(17(21)19-6-10-22-11-7-19)24-16(13-14)23-9-5-4-8-20/h12,14,16,20H,4-11,13H2,1-3H3. The summed E-state index contributed by atoms with van der Waals surface area (Å²) in [6.45, 7) is 9.54. The van der Waals surface area contributed by atoms with Gasteiger partial charge in [0, 0.05) is 26.1 Å². The largest absolute Gasteiger partial charge is 0.459 e. The first-order chi connectivity index (χ1) is 11.4. The number of morpholine rings is 1. The van der Waals surface area contributed by atoms with E-state index in [4.69, 9.17) is 19.3 Å². The number of amides is 1. The zero-order chi connectivity index (χ0) is 17.6. The number of allylic oxidation sites excluding steroid dienone is 1. The average Bonchev–Trinajstić information content (AvgIpc) is 2.58. The Bertz CT molecular complexity index is 437. The van der Waals surface area contributed by atoms with Gasteiger partial charge >= 0.3 is 0 Å². The minimum Gasteiger partial charge on any atom is -0.459 e. The zero-order valence-corrected chi connectivity index (χ0v) is 15.1. The van der Waals surface area contributed by atoms with Crippen LogP contribution in [0, 0.1) is 11.3 Å². The first kappa shape index (κ1) is 19.2. The van der Waals surface area contributed by atoms with E-state index in [2.05, 4.69) is 20.8 Å². The lowest BCUT2D eigenvalue weighted by atomic mass is 9.77. The normalized spacial score (nSPS) is 25.2. The number of nitrogens with zero attached hydrogens (tertiary/aromatic N) is 1. The van der Waals surface area contributed by atoms with Gasteiger partial charge in [0.15, 0.2) is 5.76 Å². The highest BCUT2D eigenvalue weighted by Crippen LogP contribution is 2.36. The summed E-state index contributed by atoms with van der Waals surface area (Å²) in [7, 11) is 0. The van der Waals surface area contributed by atoms with Gasteiger partial charge in [-0.2, -0.15) is 0 Å². The number of ether oxygens (including phenoxy) is 3. The fourth-order valence-corrected chi connectivity index (χ4v) is 2.87. The van der Waals surface area contributed by atoms with Gasteiger partial charge in [-0.05, 0) is 30.3 Å². The molecule has 2 unspecified atom stereocenters. The van der Waals surface area contributed by atoms with E-state index in [0.717, 1.165) is 12.8 Å². The number of carbonyl (C=O) groups is 1. The molecule has 24 heavy (non-hydrogen) atoms. The number of hydrogen-bond acceptors (Lipinski definition) is 5. The molecular formula is C18H31NO5. The molecule has 0 aliphatic carbocycles. The topological polar surface area (TPSA) is 68.2 Å². The molecule has 0 saturated carbocycles. The number of aliphatic hydroxyl groups is 1. The van der Waals surface area contributed by atoms with Crippen LogP contribution in [0.3, 0.4) is 0 Å². The fraction of sp³-hybridized carbons (Fsp3) is 0.833. The van der Waals surface area contributed by atoms with E-state index in [0.29, 0.717) is 45.1 Å². The lowest BCUT2D eigenvalue weighted by Crippen LogP contribution is -2.44. The maximum atomic E-state index is 12.7. The quantitative estimate of drug-likeness (QED) is 0.748. The Hall–Kier alpha value is -1.11. The number of carbonyl (C=O) groups excluding carboxylic acids is 1. The molecule has 1 saturated heterocycles. The maximum Gasteiger partial charge on any atom is 0.288 e. The Labute approximate surface area is 144 Å². The van der Waals surface area contributed by atoms with Gasteiger partial charge < -0.3 is 24.2 Å². The van der Waals surface area contributed by atoms with Crippen LogP contribution in [-0.4, -0.2) is 61.7 Å². The lowest BCUT2D eigenvalue weighted by Gasteiger charge is -2.37. The Kier molecular flexibility index (Phi) is 7.07. The van der Waals surface area contributed by atoms with Crippen LogP contribution in [0.5, 0.6) is 0 Å². The Morgan fingerprint density at radius 1 is 1.33 bits per heavy atom. The highest BCUT2D eigenvalue weighted by atomic mass is 16.7. The van der Waals surface area contributed by atoms with E-state index in [-0.39, 0.29) is 23.8 Å². The summed E-state index contributed by atoms with van der Waals surface area (Å²) in [5, 5.41) is 8.85. The summed E-state index contributed by atoms with van der Waals surface area (Å²) in [5.41, 5.74) is 0.0347. The number of hydrogen-bond donors (Lipinski definition) is 1. The summed E-state index contributed by atoms with van der Waals surface area (Å²) in [6.07, 6.45) is 3.80. The van der Waals surface area contributed by atoms with Crippen LogP contribution >= 0.6 is 0 Å². The van der Waals surface area contributed by atoms with Crippen molar-refractivity contribution >= 4 is 5.91 Å². The predicted octanol–water partition coefficient (Wildman–Crippen LogP) is 1.93. The smallest absolute Gasteiger partial charge is 0.288 e. The molecule has 2 rings (SSSR count). The van der Waals surface area contributed by atoms with Gasteiger partial charge in [0.2, 0.25) is 6.29 Å².